The molecule has 2 rings (SSSR count). The van der Waals surface area contributed by atoms with Gasteiger partial charge in [-0.1, -0.05) is 0 Å². The van der Waals surface area contributed by atoms with Gasteiger partial charge < -0.3 is 40.3 Å². The van der Waals surface area contributed by atoms with Crippen molar-refractivity contribution in [3.8, 4) is 0 Å². The van der Waals surface area contributed by atoms with Crippen LogP contribution in [0.15, 0.2) is 12.3 Å². The average Bonchev–Trinajstić information content (AvgIpc) is 2.82. The molecule has 6 atom stereocenters. The molecular weight excluding hydrogens is 514 g/mol. The Kier molecular flexibility index (Phi) is 7.96. The zero-order chi connectivity index (χ0) is 23.8. The van der Waals surface area contributed by atoms with E-state index in [4.69, 9.17) is 37.4 Å². The van der Waals surface area contributed by atoms with Gasteiger partial charge in [0.2, 0.25) is 4.77 Å². The first kappa shape index (κ1) is 26.6. The van der Waals surface area contributed by atoms with Crippen LogP contribution in [-0.4, -0.2) is 70.4 Å². The first-order valence-corrected chi connectivity index (χ1v) is 12.7. The number of ether oxygens (including phenoxy) is 1. The number of rotatable bonds is 9. The topological polar surface area (TPSA) is 253 Å². The Bertz CT molecular complexity index is 1020. The molecule has 3 unspecified atom stereocenters. The molecule has 0 radical (unpaired) electrons. The summed E-state index contributed by atoms with van der Waals surface area (Å²) in [5.74, 6) is 0.0127. The highest BCUT2D eigenvalue weighted by atomic mass is 32.1. The van der Waals surface area contributed by atoms with Crippen molar-refractivity contribution in [2.75, 3.05) is 19.0 Å². The molecule has 1 aromatic rings. The van der Waals surface area contributed by atoms with Crippen LogP contribution in [0.3, 0.4) is 0 Å². The van der Waals surface area contributed by atoms with Gasteiger partial charge in [0.25, 0.3) is 0 Å². The van der Waals surface area contributed by atoms with Crippen molar-refractivity contribution < 1.29 is 65.8 Å². The standard InChI is InChI=1S/C10H17FN3O13P3S/c11-3-10(4-24-29(20,21)27-30(22,23)26-28(17,18)19)7(16)6(15)8(25-10)14-2-1-5(12)13-9(14)31/h1-2,6-8,15-16H,3-4H2,(H,20,21)(H,22,23)(H2,12,13,31)(H2,17,18,19)/t6-,7?,8+,10+/m0/s1. The molecule has 0 spiro atoms. The van der Waals surface area contributed by atoms with Gasteiger partial charge in [0.1, 0.15) is 24.7 Å². The average molecular weight is 531 g/mol. The molecule has 0 aliphatic carbocycles. The summed E-state index contributed by atoms with van der Waals surface area (Å²) in [7, 11) is -17.1. The molecule has 2 heterocycles. The SMILES string of the molecule is Nc1ccn([C@@H]2O[C@](CF)(COP(=O)(O)OP(=O)(O)OP(=O)(O)O)C(O)[C@@H]2O)c(=S)n1. The van der Waals surface area contributed by atoms with E-state index in [1.54, 1.807) is 0 Å². The predicted octanol–water partition coefficient (Wildman–Crippen LogP) is -0.503. The lowest BCUT2D eigenvalue weighted by molar-refractivity contribution is -0.135. The van der Waals surface area contributed by atoms with Gasteiger partial charge in [-0.15, -0.1) is 0 Å². The molecule has 0 aromatic carbocycles. The normalized spacial score (nSPS) is 30.6. The highest BCUT2D eigenvalue weighted by Crippen LogP contribution is 2.66. The minimum Gasteiger partial charge on any atom is -0.387 e. The molecule has 0 bridgehead atoms. The van der Waals surface area contributed by atoms with Crippen molar-refractivity contribution in [3.05, 3.63) is 17.0 Å². The Morgan fingerprint density at radius 2 is 1.84 bits per heavy atom. The lowest BCUT2D eigenvalue weighted by Crippen LogP contribution is -2.48. The maximum absolute atomic E-state index is 13.8. The monoisotopic (exact) mass is 531 g/mol. The third kappa shape index (κ3) is 6.66. The van der Waals surface area contributed by atoms with Gasteiger partial charge in [0.15, 0.2) is 11.8 Å². The number of hydrogen-bond acceptors (Lipinski definition) is 12. The number of nitrogens with two attached hydrogens (primary N) is 1. The smallest absolute Gasteiger partial charge is 0.387 e. The second-order valence-corrected chi connectivity index (χ2v) is 10.8. The first-order chi connectivity index (χ1) is 14.0. The highest BCUT2D eigenvalue weighted by molar-refractivity contribution is 7.71. The van der Waals surface area contributed by atoms with E-state index in [1.165, 1.54) is 12.3 Å². The lowest BCUT2D eigenvalue weighted by Gasteiger charge is -2.29. The van der Waals surface area contributed by atoms with E-state index in [0.29, 0.717) is 0 Å². The van der Waals surface area contributed by atoms with E-state index in [-0.39, 0.29) is 10.6 Å². The van der Waals surface area contributed by atoms with Gasteiger partial charge in [-0.2, -0.15) is 8.62 Å². The number of aromatic nitrogens is 2. The number of alkyl halides is 1. The number of phosphoric acid groups is 3. The number of aliphatic hydroxyl groups is 2. The Hall–Kier alpha value is -0.680. The van der Waals surface area contributed by atoms with Crippen molar-refractivity contribution in [1.29, 1.82) is 0 Å². The maximum Gasteiger partial charge on any atom is 0.490 e. The van der Waals surface area contributed by atoms with Crippen LogP contribution in [-0.2, 0) is 31.6 Å². The third-order valence-corrected chi connectivity index (χ3v) is 7.83. The number of nitrogens with zero attached hydrogens (tertiary/aromatic N) is 2. The summed E-state index contributed by atoms with van der Waals surface area (Å²) in [6.45, 7) is -2.94. The molecule has 0 saturated carbocycles. The van der Waals surface area contributed by atoms with E-state index in [0.717, 1.165) is 4.57 Å². The summed E-state index contributed by atoms with van der Waals surface area (Å²) in [5, 5.41) is 20.5. The molecule has 178 valence electrons. The van der Waals surface area contributed by atoms with Crippen LogP contribution in [0.2, 0.25) is 0 Å². The summed E-state index contributed by atoms with van der Waals surface area (Å²) in [4.78, 5) is 39.3. The summed E-state index contributed by atoms with van der Waals surface area (Å²) in [5.41, 5.74) is 2.96. The molecule has 1 aliphatic heterocycles. The Labute approximate surface area is 177 Å². The number of phosphoric ester groups is 1. The van der Waals surface area contributed by atoms with Gasteiger partial charge in [-0.25, -0.2) is 23.1 Å². The number of hydrogen-bond donors (Lipinski definition) is 7. The van der Waals surface area contributed by atoms with Gasteiger partial charge >= 0.3 is 23.5 Å². The summed E-state index contributed by atoms with van der Waals surface area (Å²) >= 11 is 4.94. The van der Waals surface area contributed by atoms with Crippen LogP contribution in [0, 0.1) is 4.77 Å². The molecule has 21 heteroatoms. The van der Waals surface area contributed by atoms with Crippen molar-refractivity contribution in [3.63, 3.8) is 0 Å². The number of aliphatic hydroxyl groups excluding tert-OH is 2. The number of halogens is 1. The molecule has 1 saturated heterocycles. The lowest BCUT2D eigenvalue weighted by atomic mass is 9.98. The second-order valence-electron chi connectivity index (χ2n) is 6.05. The summed E-state index contributed by atoms with van der Waals surface area (Å²) in [6, 6.07) is 1.25. The van der Waals surface area contributed by atoms with Crippen LogP contribution < -0.4 is 5.73 Å². The Morgan fingerprint density at radius 3 is 2.35 bits per heavy atom. The zero-order valence-corrected chi connectivity index (χ0v) is 18.4. The third-order valence-electron chi connectivity index (χ3n) is 3.75. The van der Waals surface area contributed by atoms with Gasteiger partial charge in [-0.3, -0.25) is 9.09 Å². The molecule has 16 nitrogen and oxygen atoms in total. The molecule has 8 N–H and O–H groups in total. The second kappa shape index (κ2) is 9.29. The number of anilines is 1. The van der Waals surface area contributed by atoms with E-state index >= 15 is 0 Å². The molecule has 1 aliphatic rings. The molecule has 1 aromatic heterocycles. The zero-order valence-electron chi connectivity index (χ0n) is 14.9. The van der Waals surface area contributed by atoms with Crippen LogP contribution in [0.4, 0.5) is 10.2 Å². The van der Waals surface area contributed by atoms with E-state index < -0.39 is 60.8 Å². The van der Waals surface area contributed by atoms with Crippen LogP contribution in [0.1, 0.15) is 6.23 Å². The van der Waals surface area contributed by atoms with Crippen molar-refractivity contribution in [2.24, 2.45) is 0 Å². The highest BCUT2D eigenvalue weighted by Gasteiger charge is 2.56. The molecular formula is C10H17FN3O13P3S. The minimum atomic E-state index is -5.81. The minimum absolute atomic E-state index is 0.0127. The van der Waals surface area contributed by atoms with E-state index in [2.05, 4.69) is 18.1 Å². The molecule has 31 heavy (non-hydrogen) atoms. The fourth-order valence-corrected chi connectivity index (χ4v) is 5.80. The Balaban J connectivity index is 2.20. The molecule has 0 amide bonds. The van der Waals surface area contributed by atoms with Crippen molar-refractivity contribution in [2.45, 2.75) is 24.0 Å². The number of nitrogen functional groups attached to an aromatic ring is 1. The molecule has 1 fully saturated rings. The van der Waals surface area contributed by atoms with Crippen molar-refractivity contribution in [1.82, 2.24) is 9.55 Å². The largest absolute Gasteiger partial charge is 0.490 e. The fourth-order valence-electron chi connectivity index (χ4n) is 2.45. The van der Waals surface area contributed by atoms with Gasteiger partial charge in [0, 0.05) is 6.20 Å². The van der Waals surface area contributed by atoms with Crippen LogP contribution >= 0.6 is 35.7 Å². The van der Waals surface area contributed by atoms with Gasteiger partial charge in [-0.05, 0) is 18.3 Å². The van der Waals surface area contributed by atoms with E-state index in [9.17, 15) is 33.2 Å². The summed E-state index contributed by atoms with van der Waals surface area (Å²) in [6.07, 6.45) is -4.26. The van der Waals surface area contributed by atoms with E-state index in [1.807, 2.05) is 0 Å². The quantitative estimate of drug-likeness (QED) is 0.156. The van der Waals surface area contributed by atoms with Gasteiger partial charge in [0.05, 0.1) is 6.61 Å². The Morgan fingerprint density at radius 1 is 1.23 bits per heavy atom. The summed E-state index contributed by atoms with van der Waals surface area (Å²) < 4.78 is 65.0. The van der Waals surface area contributed by atoms with Crippen LogP contribution in [0.5, 0.6) is 0 Å². The van der Waals surface area contributed by atoms with Crippen LogP contribution in [0.25, 0.3) is 0 Å². The fraction of sp³-hybridized carbons (Fsp3) is 0.600. The van der Waals surface area contributed by atoms with Crippen molar-refractivity contribution >= 4 is 41.5 Å². The maximum atomic E-state index is 13.8. The first-order valence-electron chi connectivity index (χ1n) is 7.74. The predicted molar refractivity (Wildman–Crippen MR) is 98.1 cm³/mol.